The van der Waals surface area contributed by atoms with E-state index < -0.39 is 5.91 Å². The summed E-state index contributed by atoms with van der Waals surface area (Å²) in [5, 5.41) is 6.28. The van der Waals surface area contributed by atoms with Crippen molar-refractivity contribution in [3.63, 3.8) is 0 Å². The Morgan fingerprint density at radius 2 is 1.70 bits per heavy atom. The summed E-state index contributed by atoms with van der Waals surface area (Å²) in [5.41, 5.74) is 1.16. The molecule has 6 heteroatoms. The van der Waals surface area contributed by atoms with Gasteiger partial charge in [-0.05, 0) is 61.9 Å². The standard InChI is InChI=1S/C21H23ClN2O3/c1-3-13-23-21(26)19(20(25)15-5-7-16(22)8-6-15)14-24-17-9-11-18(12-10-17)27-4-2/h5-12,14,24H,3-4,13H2,1-2H3,(H,23,26). The lowest BCUT2D eigenvalue weighted by atomic mass is 10.0. The summed E-state index contributed by atoms with van der Waals surface area (Å²) in [6, 6.07) is 13.7. The van der Waals surface area contributed by atoms with E-state index in [1.807, 2.05) is 38.1 Å². The van der Waals surface area contributed by atoms with Gasteiger partial charge in [0.05, 0.1) is 6.61 Å². The van der Waals surface area contributed by atoms with Crippen molar-refractivity contribution in [2.24, 2.45) is 0 Å². The number of halogens is 1. The summed E-state index contributed by atoms with van der Waals surface area (Å²) >= 11 is 5.88. The van der Waals surface area contributed by atoms with Gasteiger partial charge in [0.1, 0.15) is 11.3 Å². The molecule has 0 bridgehead atoms. The molecule has 0 aliphatic heterocycles. The van der Waals surface area contributed by atoms with E-state index in [1.54, 1.807) is 24.3 Å². The molecule has 2 N–H and O–H groups in total. The van der Waals surface area contributed by atoms with Gasteiger partial charge in [-0.3, -0.25) is 9.59 Å². The molecule has 0 radical (unpaired) electrons. The van der Waals surface area contributed by atoms with Gasteiger partial charge in [0.15, 0.2) is 5.78 Å². The third-order valence-corrected chi connectivity index (χ3v) is 3.93. The Morgan fingerprint density at radius 1 is 1.04 bits per heavy atom. The molecule has 1 amide bonds. The lowest BCUT2D eigenvalue weighted by Crippen LogP contribution is -2.29. The summed E-state index contributed by atoms with van der Waals surface area (Å²) < 4.78 is 5.40. The van der Waals surface area contributed by atoms with Crippen LogP contribution in [0.5, 0.6) is 5.75 Å². The minimum Gasteiger partial charge on any atom is -0.494 e. The van der Waals surface area contributed by atoms with Gasteiger partial charge in [-0.1, -0.05) is 18.5 Å². The molecule has 0 saturated carbocycles. The zero-order valence-electron chi connectivity index (χ0n) is 15.4. The van der Waals surface area contributed by atoms with E-state index in [0.29, 0.717) is 23.7 Å². The fourth-order valence-corrected chi connectivity index (χ4v) is 2.42. The normalized spacial score (nSPS) is 11.0. The number of anilines is 1. The Kier molecular flexibility index (Phi) is 7.89. The van der Waals surface area contributed by atoms with Gasteiger partial charge in [-0.2, -0.15) is 0 Å². The SMILES string of the molecule is CCCNC(=O)C(=CNc1ccc(OCC)cc1)C(=O)c1ccc(Cl)cc1. The molecule has 0 spiro atoms. The zero-order chi connectivity index (χ0) is 19.6. The summed E-state index contributed by atoms with van der Waals surface area (Å²) in [4.78, 5) is 25.2. The molecule has 142 valence electrons. The topological polar surface area (TPSA) is 67.4 Å². The van der Waals surface area contributed by atoms with Gasteiger partial charge in [-0.25, -0.2) is 0 Å². The maximum atomic E-state index is 12.8. The minimum atomic E-state index is -0.421. The quantitative estimate of drug-likeness (QED) is 0.289. The third-order valence-electron chi connectivity index (χ3n) is 3.68. The average Bonchev–Trinajstić information content (AvgIpc) is 2.68. The predicted molar refractivity (Wildman–Crippen MR) is 108 cm³/mol. The van der Waals surface area contributed by atoms with E-state index in [9.17, 15) is 9.59 Å². The van der Waals surface area contributed by atoms with Gasteiger partial charge in [0.2, 0.25) is 0 Å². The Balaban J connectivity index is 2.22. The number of hydrogen-bond acceptors (Lipinski definition) is 4. The van der Waals surface area contributed by atoms with Crippen LogP contribution in [-0.2, 0) is 4.79 Å². The van der Waals surface area contributed by atoms with Crippen LogP contribution >= 0.6 is 11.6 Å². The number of carbonyl (C=O) groups excluding carboxylic acids is 2. The fraction of sp³-hybridized carbons (Fsp3) is 0.238. The number of carbonyl (C=O) groups is 2. The predicted octanol–water partition coefficient (Wildman–Crippen LogP) is 4.44. The maximum absolute atomic E-state index is 12.8. The summed E-state index contributed by atoms with van der Waals surface area (Å²) in [7, 11) is 0. The van der Waals surface area contributed by atoms with Crippen molar-refractivity contribution in [3.05, 3.63) is 70.9 Å². The van der Waals surface area contributed by atoms with Crippen LogP contribution in [0.1, 0.15) is 30.6 Å². The third kappa shape index (κ3) is 6.15. The number of benzene rings is 2. The van der Waals surface area contributed by atoms with Crippen LogP contribution in [0.25, 0.3) is 0 Å². The Labute approximate surface area is 164 Å². The second-order valence-corrected chi connectivity index (χ2v) is 6.19. The number of Topliss-reactive ketones (excluding diaryl/α,β-unsaturated/α-hetero) is 1. The Hall–Kier alpha value is -2.79. The highest BCUT2D eigenvalue weighted by molar-refractivity contribution is 6.31. The monoisotopic (exact) mass is 386 g/mol. The molecule has 5 nitrogen and oxygen atoms in total. The van der Waals surface area contributed by atoms with E-state index in [1.165, 1.54) is 6.20 Å². The van der Waals surface area contributed by atoms with E-state index >= 15 is 0 Å². The number of hydrogen-bond donors (Lipinski definition) is 2. The molecule has 27 heavy (non-hydrogen) atoms. The maximum Gasteiger partial charge on any atom is 0.256 e. The van der Waals surface area contributed by atoms with Crippen molar-refractivity contribution in [3.8, 4) is 5.75 Å². The van der Waals surface area contributed by atoms with Crippen LogP contribution < -0.4 is 15.4 Å². The second kappa shape index (κ2) is 10.4. The largest absolute Gasteiger partial charge is 0.494 e. The van der Waals surface area contributed by atoms with E-state index in [4.69, 9.17) is 16.3 Å². The molecule has 0 aromatic heterocycles. The van der Waals surface area contributed by atoms with Crippen molar-refractivity contribution in [2.75, 3.05) is 18.5 Å². The molecule has 0 fully saturated rings. The first kappa shape index (κ1) is 20.5. The van der Waals surface area contributed by atoms with Gasteiger partial charge in [0.25, 0.3) is 5.91 Å². The molecule has 0 aliphatic carbocycles. The van der Waals surface area contributed by atoms with Gasteiger partial charge < -0.3 is 15.4 Å². The van der Waals surface area contributed by atoms with Crippen LogP contribution in [0.4, 0.5) is 5.69 Å². The van der Waals surface area contributed by atoms with Crippen molar-refractivity contribution >= 4 is 29.0 Å². The molecule has 2 aromatic carbocycles. The van der Waals surface area contributed by atoms with Crippen molar-refractivity contribution < 1.29 is 14.3 Å². The zero-order valence-corrected chi connectivity index (χ0v) is 16.2. The first-order valence-electron chi connectivity index (χ1n) is 8.83. The number of rotatable bonds is 9. The highest BCUT2D eigenvalue weighted by atomic mass is 35.5. The molecule has 0 saturated heterocycles. The number of nitrogens with one attached hydrogen (secondary N) is 2. The fourth-order valence-electron chi connectivity index (χ4n) is 2.29. The molecule has 2 rings (SSSR count). The Morgan fingerprint density at radius 3 is 2.30 bits per heavy atom. The van der Waals surface area contributed by atoms with Crippen LogP contribution in [0.3, 0.4) is 0 Å². The number of ether oxygens (including phenoxy) is 1. The van der Waals surface area contributed by atoms with E-state index in [0.717, 1.165) is 17.9 Å². The molecule has 0 atom stereocenters. The molecular formula is C21H23ClN2O3. The highest BCUT2D eigenvalue weighted by Gasteiger charge is 2.19. The lowest BCUT2D eigenvalue weighted by Gasteiger charge is -2.10. The number of ketones is 1. The first-order valence-corrected chi connectivity index (χ1v) is 9.21. The Bertz CT molecular complexity index is 799. The van der Waals surface area contributed by atoms with Gasteiger partial charge in [0, 0.05) is 29.0 Å². The average molecular weight is 387 g/mol. The van der Waals surface area contributed by atoms with Crippen LogP contribution in [0, 0.1) is 0 Å². The first-order chi connectivity index (χ1) is 13.0. The van der Waals surface area contributed by atoms with E-state index in [-0.39, 0.29) is 11.4 Å². The second-order valence-electron chi connectivity index (χ2n) is 5.75. The van der Waals surface area contributed by atoms with Gasteiger partial charge in [-0.15, -0.1) is 0 Å². The lowest BCUT2D eigenvalue weighted by molar-refractivity contribution is -0.117. The van der Waals surface area contributed by atoms with Crippen molar-refractivity contribution in [1.29, 1.82) is 0 Å². The number of amides is 1. The summed E-state index contributed by atoms with van der Waals surface area (Å²) in [5.74, 6) is -0.0425. The molecule has 0 aliphatic rings. The minimum absolute atomic E-state index is 0.0275. The molecular weight excluding hydrogens is 364 g/mol. The molecule has 0 unspecified atom stereocenters. The van der Waals surface area contributed by atoms with Crippen LogP contribution in [0.15, 0.2) is 60.3 Å². The summed E-state index contributed by atoms with van der Waals surface area (Å²) in [6.45, 7) is 4.94. The molecule has 2 aromatic rings. The van der Waals surface area contributed by atoms with Crippen molar-refractivity contribution in [1.82, 2.24) is 5.32 Å². The van der Waals surface area contributed by atoms with Crippen LogP contribution in [-0.4, -0.2) is 24.8 Å². The van der Waals surface area contributed by atoms with E-state index in [2.05, 4.69) is 10.6 Å². The van der Waals surface area contributed by atoms with Gasteiger partial charge >= 0.3 is 0 Å². The smallest absolute Gasteiger partial charge is 0.256 e. The molecule has 0 heterocycles. The summed E-state index contributed by atoms with van der Waals surface area (Å²) in [6.07, 6.45) is 2.21. The van der Waals surface area contributed by atoms with Crippen molar-refractivity contribution in [2.45, 2.75) is 20.3 Å². The van der Waals surface area contributed by atoms with Crippen LogP contribution in [0.2, 0.25) is 5.02 Å². The highest BCUT2D eigenvalue weighted by Crippen LogP contribution is 2.17.